The molecule has 4 aliphatic rings. The fourth-order valence-corrected chi connectivity index (χ4v) is 6.85. The number of aliphatic hydroxyl groups is 1. The number of rotatable bonds is 6. The molecule has 0 aromatic rings. The van der Waals surface area contributed by atoms with Gasteiger partial charge in [0.05, 0.1) is 18.3 Å². The van der Waals surface area contributed by atoms with Crippen LogP contribution >= 0.6 is 0 Å². The summed E-state index contributed by atoms with van der Waals surface area (Å²) in [7, 11) is 0. The van der Waals surface area contributed by atoms with Crippen LogP contribution in [0.2, 0.25) is 0 Å². The monoisotopic (exact) mass is 330 g/mol. The minimum absolute atomic E-state index is 0.101. The Hall–Kier alpha value is -0.600. The Balaban J connectivity index is 1.40. The molecule has 1 aliphatic heterocycles. The van der Waals surface area contributed by atoms with E-state index >= 15 is 0 Å². The summed E-state index contributed by atoms with van der Waals surface area (Å²) in [6.07, 6.45) is 18.6. The lowest BCUT2D eigenvalue weighted by Gasteiger charge is -2.52. The zero-order valence-electron chi connectivity index (χ0n) is 15.4. The van der Waals surface area contributed by atoms with E-state index in [-0.39, 0.29) is 11.7 Å². The summed E-state index contributed by atoms with van der Waals surface area (Å²) < 4.78 is 6.44. The predicted molar refractivity (Wildman–Crippen MR) is 97.6 cm³/mol. The van der Waals surface area contributed by atoms with Gasteiger partial charge in [0.1, 0.15) is 0 Å². The highest BCUT2D eigenvalue weighted by Crippen LogP contribution is 2.76. The summed E-state index contributed by atoms with van der Waals surface area (Å²) in [6, 6.07) is 0. The molecule has 134 valence electrons. The number of ether oxygens (including phenoxy) is 1. The van der Waals surface area contributed by atoms with Crippen molar-refractivity contribution >= 4 is 0 Å². The van der Waals surface area contributed by atoms with Crippen LogP contribution in [-0.2, 0) is 4.74 Å². The molecule has 0 aromatic heterocycles. The Morgan fingerprint density at radius 3 is 2.92 bits per heavy atom. The van der Waals surface area contributed by atoms with Crippen LogP contribution in [0, 0.1) is 29.1 Å². The third-order valence-corrected chi connectivity index (χ3v) is 7.92. The van der Waals surface area contributed by atoms with E-state index in [0.717, 1.165) is 43.1 Å². The second-order valence-electron chi connectivity index (χ2n) is 8.79. The lowest BCUT2D eigenvalue weighted by Crippen LogP contribution is -2.51. The molecule has 0 radical (unpaired) electrons. The fourth-order valence-electron chi connectivity index (χ4n) is 6.85. The van der Waals surface area contributed by atoms with Crippen LogP contribution in [0.25, 0.3) is 0 Å². The van der Waals surface area contributed by atoms with E-state index in [1.54, 1.807) is 0 Å². The van der Waals surface area contributed by atoms with Crippen LogP contribution in [0.15, 0.2) is 24.3 Å². The summed E-state index contributed by atoms with van der Waals surface area (Å²) in [5.41, 5.74) is 0.527. The van der Waals surface area contributed by atoms with Crippen molar-refractivity contribution in [3.8, 4) is 0 Å². The molecule has 0 saturated heterocycles. The van der Waals surface area contributed by atoms with E-state index in [0.29, 0.717) is 5.41 Å². The van der Waals surface area contributed by atoms with Crippen molar-refractivity contribution in [1.82, 2.24) is 0 Å². The van der Waals surface area contributed by atoms with Gasteiger partial charge in [-0.2, -0.15) is 0 Å². The van der Waals surface area contributed by atoms with Gasteiger partial charge in [-0.25, -0.2) is 0 Å². The number of fused-ring (bicyclic) bond motifs is 5. The minimum Gasteiger partial charge on any atom is -0.389 e. The van der Waals surface area contributed by atoms with Crippen molar-refractivity contribution in [3.05, 3.63) is 24.3 Å². The van der Waals surface area contributed by atoms with Gasteiger partial charge in [-0.3, -0.25) is 0 Å². The maximum atomic E-state index is 9.89. The van der Waals surface area contributed by atoms with Gasteiger partial charge >= 0.3 is 0 Å². The second-order valence-corrected chi connectivity index (χ2v) is 8.79. The first-order valence-electron chi connectivity index (χ1n) is 10.3. The Labute approximate surface area is 147 Å². The van der Waals surface area contributed by atoms with Crippen LogP contribution in [0.5, 0.6) is 0 Å². The number of hydrogen-bond acceptors (Lipinski definition) is 2. The molecule has 3 fully saturated rings. The highest BCUT2D eigenvalue weighted by molar-refractivity contribution is 5.32. The smallest absolute Gasteiger partial charge is 0.0956 e. The zero-order chi connectivity index (χ0) is 16.8. The second kappa shape index (κ2) is 6.29. The molecule has 4 rings (SSSR count). The molecule has 1 heterocycles. The largest absolute Gasteiger partial charge is 0.389 e. The summed E-state index contributed by atoms with van der Waals surface area (Å²) in [5, 5.41) is 9.89. The van der Waals surface area contributed by atoms with Crippen molar-refractivity contribution in [1.29, 1.82) is 0 Å². The standard InChI is InChI=1S/C22H34O2/c1-3-7-17(23)9-5-8-16-10-12-21(4-2)19(14-16)18-15-20(18)22(21)11-6-13-24-22/h3,6-7,11,16-20,23H,4-5,8-10,12-15H2,1-2H3/b7-3-/t16?,17?,18-,19?,20-,21?,22-/m0/s1. The van der Waals surface area contributed by atoms with Crippen LogP contribution in [-0.4, -0.2) is 23.4 Å². The first-order chi connectivity index (χ1) is 11.7. The van der Waals surface area contributed by atoms with Gasteiger partial charge < -0.3 is 9.84 Å². The molecule has 1 N–H and O–H groups in total. The van der Waals surface area contributed by atoms with Gasteiger partial charge in [-0.15, -0.1) is 0 Å². The van der Waals surface area contributed by atoms with Gasteiger partial charge in [0, 0.05) is 5.41 Å². The third-order valence-electron chi connectivity index (χ3n) is 7.92. The summed E-state index contributed by atoms with van der Waals surface area (Å²) in [5.74, 6) is 3.50. The number of aliphatic hydroxyl groups excluding tert-OH is 1. The number of hydrogen-bond donors (Lipinski definition) is 1. The average molecular weight is 331 g/mol. The molecular weight excluding hydrogens is 296 g/mol. The van der Waals surface area contributed by atoms with Crippen LogP contribution in [0.3, 0.4) is 0 Å². The molecule has 1 spiro atoms. The Morgan fingerprint density at radius 2 is 2.21 bits per heavy atom. The van der Waals surface area contributed by atoms with Gasteiger partial charge in [0.2, 0.25) is 0 Å². The van der Waals surface area contributed by atoms with Crippen molar-refractivity contribution in [2.24, 2.45) is 29.1 Å². The molecule has 2 nitrogen and oxygen atoms in total. The molecule has 0 bridgehead atoms. The SMILES string of the molecule is C/C=C\C(O)CCCC1CCC2(CC)C(C1)[C@@H]1C[C@@H]1[C@@]21C=CCO1. The zero-order valence-corrected chi connectivity index (χ0v) is 15.4. The maximum Gasteiger partial charge on any atom is 0.0956 e. The lowest BCUT2D eigenvalue weighted by atomic mass is 9.56. The Bertz CT molecular complexity index is 524. The predicted octanol–water partition coefficient (Wildman–Crippen LogP) is 4.88. The molecule has 7 atom stereocenters. The fraction of sp³-hybridized carbons (Fsp3) is 0.818. The summed E-state index contributed by atoms with van der Waals surface area (Å²) >= 11 is 0. The van der Waals surface area contributed by atoms with Gasteiger partial charge in [-0.1, -0.05) is 44.1 Å². The Kier molecular flexibility index (Phi) is 4.41. The van der Waals surface area contributed by atoms with Gasteiger partial charge in [-0.05, 0) is 69.1 Å². The van der Waals surface area contributed by atoms with Crippen LogP contribution < -0.4 is 0 Å². The molecule has 3 saturated carbocycles. The molecule has 24 heavy (non-hydrogen) atoms. The van der Waals surface area contributed by atoms with E-state index < -0.39 is 0 Å². The normalized spacial score (nSPS) is 47.3. The van der Waals surface area contributed by atoms with E-state index in [2.05, 4.69) is 19.1 Å². The van der Waals surface area contributed by atoms with Crippen molar-refractivity contribution in [2.45, 2.75) is 76.9 Å². The van der Waals surface area contributed by atoms with E-state index in [1.807, 2.05) is 19.1 Å². The van der Waals surface area contributed by atoms with Crippen molar-refractivity contribution in [3.63, 3.8) is 0 Å². The first kappa shape index (κ1) is 16.8. The van der Waals surface area contributed by atoms with Gasteiger partial charge in [0.15, 0.2) is 0 Å². The quantitative estimate of drug-likeness (QED) is 0.703. The van der Waals surface area contributed by atoms with E-state index in [1.165, 1.54) is 38.5 Å². The molecule has 2 heteroatoms. The van der Waals surface area contributed by atoms with Crippen molar-refractivity contribution in [2.75, 3.05) is 6.61 Å². The van der Waals surface area contributed by atoms with Crippen molar-refractivity contribution < 1.29 is 9.84 Å². The molecule has 3 aliphatic carbocycles. The van der Waals surface area contributed by atoms with Gasteiger partial charge in [0.25, 0.3) is 0 Å². The summed E-state index contributed by atoms with van der Waals surface area (Å²) in [6.45, 7) is 5.23. The summed E-state index contributed by atoms with van der Waals surface area (Å²) in [4.78, 5) is 0. The van der Waals surface area contributed by atoms with E-state index in [4.69, 9.17) is 4.74 Å². The van der Waals surface area contributed by atoms with Crippen LogP contribution in [0.4, 0.5) is 0 Å². The molecule has 4 unspecified atom stereocenters. The highest BCUT2D eigenvalue weighted by Gasteiger charge is 2.75. The Morgan fingerprint density at radius 1 is 1.33 bits per heavy atom. The number of allylic oxidation sites excluding steroid dienone is 1. The topological polar surface area (TPSA) is 29.5 Å². The minimum atomic E-state index is -0.243. The first-order valence-corrected chi connectivity index (χ1v) is 10.3. The maximum absolute atomic E-state index is 9.89. The van der Waals surface area contributed by atoms with E-state index in [9.17, 15) is 5.11 Å². The molecule has 0 aromatic carbocycles. The van der Waals surface area contributed by atoms with Crippen LogP contribution in [0.1, 0.15) is 65.2 Å². The lowest BCUT2D eigenvalue weighted by molar-refractivity contribution is -0.119. The highest BCUT2D eigenvalue weighted by atomic mass is 16.5. The average Bonchev–Trinajstić information content (AvgIpc) is 3.17. The third kappa shape index (κ3) is 2.36. The molecule has 0 amide bonds. The molecular formula is C22H34O2.